The molecule has 8 heteroatoms. The number of nitrogens with one attached hydrogen (secondary N) is 1. The van der Waals surface area contributed by atoms with Crippen LogP contribution in [0.3, 0.4) is 0 Å². The number of fused-ring (bicyclic) bond motifs is 1. The van der Waals surface area contributed by atoms with Gasteiger partial charge in [-0.25, -0.2) is 14.8 Å². The monoisotopic (exact) mass is 477 g/mol. The van der Waals surface area contributed by atoms with Gasteiger partial charge in [-0.05, 0) is 52.2 Å². The van der Waals surface area contributed by atoms with Gasteiger partial charge in [0.2, 0.25) is 0 Å². The number of aromatic nitrogens is 2. The molecule has 2 amide bonds. The van der Waals surface area contributed by atoms with Crippen molar-refractivity contribution < 1.29 is 14.3 Å². The zero-order valence-corrected chi connectivity index (χ0v) is 21.2. The zero-order valence-electron chi connectivity index (χ0n) is 21.2. The van der Waals surface area contributed by atoms with Crippen LogP contribution in [0.1, 0.15) is 60.5 Å². The lowest BCUT2D eigenvalue weighted by Crippen LogP contribution is -2.37. The van der Waals surface area contributed by atoms with Crippen molar-refractivity contribution >= 4 is 12.0 Å². The van der Waals surface area contributed by atoms with E-state index in [0.717, 1.165) is 31.6 Å². The SMILES string of the molecule is Cc1ncnc(C)c1C(=O)N1C=C2CN(CC[C@H](NC(=O)OC(C)(C)C)c3ccccc3)CC2C1. The number of carbonyl (C=O) groups excluding carboxylic acids is 2. The number of likely N-dealkylation sites (tertiary alicyclic amines) is 1. The minimum absolute atomic E-state index is 0.0280. The first-order chi connectivity index (χ1) is 16.6. The number of hydrogen-bond donors (Lipinski definition) is 1. The van der Waals surface area contributed by atoms with Gasteiger partial charge in [0.25, 0.3) is 5.91 Å². The van der Waals surface area contributed by atoms with Crippen molar-refractivity contribution in [1.82, 2.24) is 25.1 Å². The first-order valence-electron chi connectivity index (χ1n) is 12.2. The summed E-state index contributed by atoms with van der Waals surface area (Å²) in [5.74, 6) is 0.304. The molecule has 0 radical (unpaired) electrons. The van der Waals surface area contributed by atoms with Gasteiger partial charge < -0.3 is 15.0 Å². The van der Waals surface area contributed by atoms with Crippen molar-refractivity contribution in [2.45, 2.75) is 52.7 Å². The third-order valence-corrected chi connectivity index (χ3v) is 6.48. The third-order valence-electron chi connectivity index (χ3n) is 6.48. The summed E-state index contributed by atoms with van der Waals surface area (Å²) < 4.78 is 5.49. The number of carbonyl (C=O) groups is 2. The molecule has 1 fully saturated rings. The predicted octanol–water partition coefficient (Wildman–Crippen LogP) is 4.02. The number of rotatable bonds is 6. The molecule has 186 valence electrons. The average molecular weight is 478 g/mol. The van der Waals surface area contributed by atoms with E-state index in [2.05, 4.69) is 20.2 Å². The maximum Gasteiger partial charge on any atom is 0.408 e. The summed E-state index contributed by atoms with van der Waals surface area (Å²) in [6, 6.07) is 9.87. The Morgan fingerprint density at radius 1 is 1.11 bits per heavy atom. The quantitative estimate of drug-likeness (QED) is 0.676. The lowest BCUT2D eigenvalue weighted by Gasteiger charge is -2.26. The van der Waals surface area contributed by atoms with Gasteiger partial charge in [-0.2, -0.15) is 0 Å². The van der Waals surface area contributed by atoms with E-state index in [1.54, 1.807) is 0 Å². The van der Waals surface area contributed by atoms with Gasteiger partial charge in [-0.15, -0.1) is 0 Å². The Bertz CT molecular complexity index is 1090. The molecule has 4 rings (SSSR count). The van der Waals surface area contributed by atoms with Gasteiger partial charge in [0, 0.05) is 38.3 Å². The highest BCUT2D eigenvalue weighted by atomic mass is 16.6. The van der Waals surface area contributed by atoms with Gasteiger partial charge in [0.1, 0.15) is 11.9 Å². The van der Waals surface area contributed by atoms with Crippen LogP contribution in [-0.4, -0.2) is 63.5 Å². The molecule has 1 saturated heterocycles. The predicted molar refractivity (Wildman–Crippen MR) is 134 cm³/mol. The summed E-state index contributed by atoms with van der Waals surface area (Å²) in [5, 5.41) is 3.05. The Balaban J connectivity index is 1.37. The molecule has 2 atom stereocenters. The second-order valence-electron chi connectivity index (χ2n) is 10.4. The molecule has 1 aromatic carbocycles. The smallest absolute Gasteiger partial charge is 0.408 e. The van der Waals surface area contributed by atoms with E-state index in [9.17, 15) is 9.59 Å². The summed E-state index contributed by atoms with van der Waals surface area (Å²) in [4.78, 5) is 38.2. The molecule has 2 aliphatic heterocycles. The molecule has 1 N–H and O–H groups in total. The van der Waals surface area contributed by atoms with E-state index >= 15 is 0 Å². The summed E-state index contributed by atoms with van der Waals surface area (Å²) in [6.45, 7) is 12.5. The van der Waals surface area contributed by atoms with Crippen LogP contribution >= 0.6 is 0 Å². The number of benzene rings is 1. The van der Waals surface area contributed by atoms with E-state index in [0.29, 0.717) is 29.4 Å². The summed E-state index contributed by atoms with van der Waals surface area (Å²) in [7, 11) is 0. The first-order valence-corrected chi connectivity index (χ1v) is 12.2. The fraction of sp³-hybridized carbons (Fsp3) is 0.481. The van der Waals surface area contributed by atoms with E-state index in [1.807, 2.05) is 76.1 Å². The lowest BCUT2D eigenvalue weighted by atomic mass is 10.0. The number of aryl methyl sites for hydroxylation is 2. The molecule has 1 aromatic heterocycles. The maximum absolute atomic E-state index is 13.1. The number of nitrogens with zero attached hydrogens (tertiary/aromatic N) is 4. The maximum atomic E-state index is 13.1. The van der Waals surface area contributed by atoms with Crippen LogP contribution in [0, 0.1) is 19.8 Å². The van der Waals surface area contributed by atoms with Crippen molar-refractivity contribution in [3.63, 3.8) is 0 Å². The molecule has 8 nitrogen and oxygen atoms in total. The molecule has 0 saturated carbocycles. The van der Waals surface area contributed by atoms with Gasteiger partial charge >= 0.3 is 6.09 Å². The van der Waals surface area contributed by atoms with Gasteiger partial charge in [-0.3, -0.25) is 9.69 Å². The highest BCUT2D eigenvalue weighted by molar-refractivity contribution is 5.97. The van der Waals surface area contributed by atoms with Crippen LogP contribution in [0.25, 0.3) is 0 Å². The number of ether oxygens (including phenoxy) is 1. The Kier molecular flexibility index (Phi) is 7.21. The van der Waals surface area contributed by atoms with Crippen LogP contribution in [-0.2, 0) is 4.74 Å². The standard InChI is InChI=1S/C27H35N5O3/c1-18-24(19(2)29-17-28-18)25(33)32-15-21-13-31(14-22(21)16-32)12-11-23(20-9-7-6-8-10-20)30-26(34)35-27(3,4)5/h6-10,15,17,22-23H,11-14,16H2,1-5H3,(H,30,34)/t22?,23-/m0/s1. The molecule has 35 heavy (non-hydrogen) atoms. The van der Waals surface area contributed by atoms with Gasteiger partial charge in [0.05, 0.1) is 23.0 Å². The Hall–Kier alpha value is -3.26. The highest BCUT2D eigenvalue weighted by Crippen LogP contribution is 2.31. The van der Waals surface area contributed by atoms with Crippen molar-refractivity contribution in [1.29, 1.82) is 0 Å². The summed E-state index contributed by atoms with van der Waals surface area (Å²) in [6.07, 6.45) is 3.87. The Morgan fingerprint density at radius 2 is 1.80 bits per heavy atom. The lowest BCUT2D eigenvalue weighted by molar-refractivity contribution is 0.0498. The van der Waals surface area contributed by atoms with Gasteiger partial charge in [0.15, 0.2) is 0 Å². The third kappa shape index (κ3) is 6.06. The molecule has 0 bridgehead atoms. The second-order valence-corrected chi connectivity index (χ2v) is 10.4. The Labute approximate surface area is 207 Å². The number of amides is 2. The van der Waals surface area contributed by atoms with Crippen LogP contribution in [0.5, 0.6) is 0 Å². The zero-order chi connectivity index (χ0) is 25.2. The van der Waals surface area contributed by atoms with E-state index in [1.165, 1.54) is 11.9 Å². The Morgan fingerprint density at radius 3 is 2.43 bits per heavy atom. The molecule has 0 spiro atoms. The molecular formula is C27H35N5O3. The molecule has 0 aliphatic carbocycles. The molecule has 1 unspecified atom stereocenters. The highest BCUT2D eigenvalue weighted by Gasteiger charge is 2.36. The largest absolute Gasteiger partial charge is 0.444 e. The summed E-state index contributed by atoms with van der Waals surface area (Å²) in [5.41, 5.74) is 3.82. The normalized spacial score (nSPS) is 18.7. The van der Waals surface area contributed by atoms with E-state index < -0.39 is 11.7 Å². The minimum atomic E-state index is -0.545. The number of hydrogen-bond acceptors (Lipinski definition) is 6. The molecule has 2 aromatic rings. The molecule has 3 heterocycles. The van der Waals surface area contributed by atoms with Crippen LogP contribution in [0.2, 0.25) is 0 Å². The van der Waals surface area contributed by atoms with Gasteiger partial charge in [-0.1, -0.05) is 30.3 Å². The topological polar surface area (TPSA) is 87.7 Å². The van der Waals surface area contributed by atoms with E-state index in [-0.39, 0.29) is 11.9 Å². The minimum Gasteiger partial charge on any atom is -0.444 e. The van der Waals surface area contributed by atoms with Crippen molar-refractivity contribution in [3.8, 4) is 0 Å². The van der Waals surface area contributed by atoms with E-state index in [4.69, 9.17) is 4.74 Å². The van der Waals surface area contributed by atoms with Crippen LogP contribution < -0.4 is 5.32 Å². The molecule has 2 aliphatic rings. The van der Waals surface area contributed by atoms with Crippen LogP contribution in [0.15, 0.2) is 48.4 Å². The fourth-order valence-electron chi connectivity index (χ4n) is 4.82. The first kappa shape index (κ1) is 24.9. The summed E-state index contributed by atoms with van der Waals surface area (Å²) >= 11 is 0. The second kappa shape index (κ2) is 10.2. The van der Waals surface area contributed by atoms with Crippen LogP contribution in [0.4, 0.5) is 4.79 Å². The number of alkyl carbamates (subject to hydrolysis) is 1. The molecular weight excluding hydrogens is 442 g/mol. The average Bonchev–Trinajstić information content (AvgIpc) is 3.35. The van der Waals surface area contributed by atoms with Crippen molar-refractivity contribution in [2.24, 2.45) is 5.92 Å². The van der Waals surface area contributed by atoms with Crippen molar-refractivity contribution in [2.75, 3.05) is 26.2 Å². The van der Waals surface area contributed by atoms with Crippen molar-refractivity contribution in [3.05, 3.63) is 70.9 Å². The fourth-order valence-corrected chi connectivity index (χ4v) is 4.82.